The fraction of sp³-hybridized carbons (Fsp3) is 0.882. The second-order valence-electron chi connectivity index (χ2n) is 7.56. The number of carbonyl (C=O) groups is 2. The molecular formula is C17H32N2O3. The first kappa shape index (κ1) is 18.9. The summed E-state index contributed by atoms with van der Waals surface area (Å²) in [5.74, 6) is -0.0434. The average Bonchev–Trinajstić information content (AvgIpc) is 2.49. The van der Waals surface area contributed by atoms with Crippen LogP contribution in [0, 0.1) is 17.3 Å². The Labute approximate surface area is 134 Å². The second-order valence-corrected chi connectivity index (χ2v) is 7.56. The molecule has 2 amide bonds. The normalized spacial score (nSPS) is 22.1. The summed E-state index contributed by atoms with van der Waals surface area (Å²) in [7, 11) is 0. The van der Waals surface area contributed by atoms with Crippen molar-refractivity contribution in [2.24, 2.45) is 17.3 Å². The molecule has 0 radical (unpaired) electrons. The summed E-state index contributed by atoms with van der Waals surface area (Å²) < 4.78 is 0. The van der Waals surface area contributed by atoms with Crippen LogP contribution < -0.4 is 5.32 Å². The molecule has 3 atom stereocenters. The minimum atomic E-state index is -0.571. The molecular weight excluding hydrogens is 280 g/mol. The molecule has 1 saturated heterocycles. The highest BCUT2D eigenvalue weighted by atomic mass is 16.3. The maximum Gasteiger partial charge on any atom is 0.225 e. The zero-order valence-electron chi connectivity index (χ0n) is 14.7. The predicted molar refractivity (Wildman–Crippen MR) is 87.2 cm³/mol. The van der Waals surface area contributed by atoms with E-state index in [0.29, 0.717) is 6.54 Å². The van der Waals surface area contributed by atoms with Gasteiger partial charge >= 0.3 is 0 Å². The number of carbonyl (C=O) groups excluding carboxylic acids is 2. The highest BCUT2D eigenvalue weighted by molar-refractivity contribution is 5.82. The number of amides is 2. The molecule has 1 aliphatic heterocycles. The van der Waals surface area contributed by atoms with Gasteiger partial charge < -0.3 is 15.3 Å². The molecule has 5 heteroatoms. The third-order valence-electron chi connectivity index (χ3n) is 4.61. The van der Waals surface area contributed by atoms with Crippen LogP contribution in [0.15, 0.2) is 0 Å². The van der Waals surface area contributed by atoms with Gasteiger partial charge in [-0.25, -0.2) is 0 Å². The predicted octanol–water partition coefficient (Wildman–Crippen LogP) is 1.79. The Hall–Kier alpha value is -1.10. The van der Waals surface area contributed by atoms with Crippen molar-refractivity contribution in [1.29, 1.82) is 0 Å². The van der Waals surface area contributed by atoms with Crippen molar-refractivity contribution in [3.63, 3.8) is 0 Å². The quantitative estimate of drug-likeness (QED) is 0.813. The lowest BCUT2D eigenvalue weighted by Crippen LogP contribution is -2.48. The SMILES string of the molecule is CCC(C)C(=O)N1CCCC(C(=O)NCC(O)C(C)(C)C)C1. The molecule has 1 heterocycles. The van der Waals surface area contributed by atoms with Crippen molar-refractivity contribution in [2.75, 3.05) is 19.6 Å². The van der Waals surface area contributed by atoms with Crippen LogP contribution in [-0.2, 0) is 9.59 Å². The van der Waals surface area contributed by atoms with Gasteiger partial charge in [0.05, 0.1) is 12.0 Å². The summed E-state index contributed by atoms with van der Waals surface area (Å²) in [5, 5.41) is 12.8. The smallest absolute Gasteiger partial charge is 0.225 e. The molecule has 0 aromatic rings. The van der Waals surface area contributed by atoms with Gasteiger partial charge in [-0.3, -0.25) is 9.59 Å². The maximum atomic E-state index is 12.3. The van der Waals surface area contributed by atoms with E-state index in [1.165, 1.54) is 0 Å². The molecule has 3 unspecified atom stereocenters. The summed E-state index contributed by atoms with van der Waals surface area (Å²) in [6, 6.07) is 0. The van der Waals surface area contributed by atoms with E-state index in [1.807, 2.05) is 39.5 Å². The number of aliphatic hydroxyl groups excluding tert-OH is 1. The van der Waals surface area contributed by atoms with Crippen molar-refractivity contribution in [1.82, 2.24) is 10.2 Å². The molecule has 0 saturated carbocycles. The van der Waals surface area contributed by atoms with E-state index in [-0.39, 0.29) is 35.6 Å². The minimum absolute atomic E-state index is 0.0181. The van der Waals surface area contributed by atoms with E-state index in [2.05, 4.69) is 5.32 Å². The largest absolute Gasteiger partial charge is 0.391 e. The molecule has 1 fully saturated rings. The van der Waals surface area contributed by atoms with Gasteiger partial charge in [-0.15, -0.1) is 0 Å². The van der Waals surface area contributed by atoms with Gasteiger partial charge in [0.25, 0.3) is 0 Å². The third kappa shape index (κ3) is 5.27. The number of nitrogens with one attached hydrogen (secondary N) is 1. The lowest BCUT2D eigenvalue weighted by atomic mass is 9.89. The second kappa shape index (κ2) is 7.95. The molecule has 128 valence electrons. The molecule has 2 N–H and O–H groups in total. The fourth-order valence-electron chi connectivity index (χ4n) is 2.53. The number of rotatable bonds is 5. The van der Waals surface area contributed by atoms with Gasteiger partial charge in [-0.1, -0.05) is 34.6 Å². The van der Waals surface area contributed by atoms with Gasteiger partial charge in [0.15, 0.2) is 0 Å². The number of piperidine rings is 1. The zero-order valence-corrected chi connectivity index (χ0v) is 14.7. The van der Waals surface area contributed by atoms with Crippen molar-refractivity contribution < 1.29 is 14.7 Å². The Morgan fingerprint density at radius 3 is 2.55 bits per heavy atom. The number of likely N-dealkylation sites (tertiary alicyclic amines) is 1. The van der Waals surface area contributed by atoms with Crippen LogP contribution in [-0.4, -0.2) is 47.6 Å². The first-order valence-electron chi connectivity index (χ1n) is 8.41. The molecule has 0 spiro atoms. The summed E-state index contributed by atoms with van der Waals surface area (Å²) in [5.41, 5.74) is -0.252. The molecule has 5 nitrogen and oxygen atoms in total. The van der Waals surface area contributed by atoms with Crippen molar-refractivity contribution in [2.45, 2.75) is 60.0 Å². The van der Waals surface area contributed by atoms with Crippen molar-refractivity contribution >= 4 is 11.8 Å². The molecule has 1 aliphatic rings. The van der Waals surface area contributed by atoms with Gasteiger partial charge in [0, 0.05) is 25.6 Å². The van der Waals surface area contributed by atoms with Crippen LogP contribution in [0.1, 0.15) is 53.9 Å². The van der Waals surface area contributed by atoms with Gasteiger partial charge in [0.1, 0.15) is 0 Å². The van der Waals surface area contributed by atoms with Crippen LogP contribution in [0.4, 0.5) is 0 Å². The molecule has 0 aromatic heterocycles. The fourth-order valence-corrected chi connectivity index (χ4v) is 2.53. The molecule has 0 aromatic carbocycles. The van der Waals surface area contributed by atoms with Gasteiger partial charge in [-0.2, -0.15) is 0 Å². The Bertz CT molecular complexity index is 390. The van der Waals surface area contributed by atoms with E-state index in [0.717, 1.165) is 25.8 Å². The topological polar surface area (TPSA) is 69.6 Å². The summed E-state index contributed by atoms with van der Waals surface area (Å²) in [6.07, 6.45) is 1.92. The van der Waals surface area contributed by atoms with E-state index < -0.39 is 6.10 Å². The van der Waals surface area contributed by atoms with E-state index >= 15 is 0 Å². The Morgan fingerprint density at radius 2 is 2.00 bits per heavy atom. The van der Waals surface area contributed by atoms with E-state index in [1.54, 1.807) is 0 Å². The van der Waals surface area contributed by atoms with Crippen molar-refractivity contribution in [3.05, 3.63) is 0 Å². The standard InChI is InChI=1S/C17H32N2O3/c1-6-12(2)16(22)19-9-7-8-13(11-19)15(21)18-10-14(20)17(3,4)5/h12-14,20H,6-11H2,1-5H3,(H,18,21). The Balaban J connectivity index is 2.51. The number of aliphatic hydroxyl groups is 1. The Kier molecular flexibility index (Phi) is 6.85. The molecule has 0 aliphatic carbocycles. The first-order chi connectivity index (χ1) is 10.2. The minimum Gasteiger partial charge on any atom is -0.391 e. The Morgan fingerprint density at radius 1 is 1.36 bits per heavy atom. The van der Waals surface area contributed by atoms with Crippen LogP contribution >= 0.6 is 0 Å². The van der Waals surface area contributed by atoms with Gasteiger partial charge in [0.2, 0.25) is 11.8 Å². The van der Waals surface area contributed by atoms with Crippen molar-refractivity contribution in [3.8, 4) is 0 Å². The lowest BCUT2D eigenvalue weighted by Gasteiger charge is -2.34. The van der Waals surface area contributed by atoms with Gasteiger partial charge in [-0.05, 0) is 24.7 Å². The maximum absolute atomic E-state index is 12.3. The summed E-state index contributed by atoms with van der Waals surface area (Å²) >= 11 is 0. The molecule has 22 heavy (non-hydrogen) atoms. The summed E-state index contributed by atoms with van der Waals surface area (Å²) in [4.78, 5) is 26.3. The molecule has 0 bridgehead atoms. The first-order valence-corrected chi connectivity index (χ1v) is 8.41. The summed E-state index contributed by atoms with van der Waals surface area (Å²) in [6.45, 7) is 11.3. The third-order valence-corrected chi connectivity index (χ3v) is 4.61. The molecule has 1 rings (SSSR count). The average molecular weight is 312 g/mol. The lowest BCUT2D eigenvalue weighted by molar-refractivity contribution is -0.139. The van der Waals surface area contributed by atoms with E-state index in [4.69, 9.17) is 0 Å². The van der Waals surface area contributed by atoms with Crippen LogP contribution in [0.2, 0.25) is 0 Å². The number of hydrogen-bond donors (Lipinski definition) is 2. The highest BCUT2D eigenvalue weighted by Crippen LogP contribution is 2.21. The monoisotopic (exact) mass is 312 g/mol. The van der Waals surface area contributed by atoms with E-state index in [9.17, 15) is 14.7 Å². The van der Waals surface area contributed by atoms with Crippen LogP contribution in [0.5, 0.6) is 0 Å². The number of hydrogen-bond acceptors (Lipinski definition) is 3. The van der Waals surface area contributed by atoms with Crippen LogP contribution in [0.3, 0.4) is 0 Å². The zero-order chi connectivity index (χ0) is 16.9. The van der Waals surface area contributed by atoms with Crippen LogP contribution in [0.25, 0.3) is 0 Å². The number of nitrogens with zero attached hydrogens (tertiary/aromatic N) is 1. The highest BCUT2D eigenvalue weighted by Gasteiger charge is 2.30.